The lowest BCUT2D eigenvalue weighted by Gasteiger charge is -2.22. The molecule has 1 heterocycles. The van der Waals surface area contributed by atoms with Gasteiger partial charge in [0.15, 0.2) is 0 Å². The normalized spacial score (nSPS) is 13.1. The van der Waals surface area contributed by atoms with Crippen LogP contribution < -0.4 is 5.32 Å². The summed E-state index contributed by atoms with van der Waals surface area (Å²) >= 11 is 0. The molecule has 0 aromatic carbocycles. The first-order valence-electron chi connectivity index (χ1n) is 8.13. The van der Waals surface area contributed by atoms with Crippen LogP contribution in [0.2, 0.25) is 0 Å². The van der Waals surface area contributed by atoms with E-state index in [0.29, 0.717) is 6.04 Å². The van der Waals surface area contributed by atoms with Crippen molar-refractivity contribution < 1.29 is 0 Å². The van der Waals surface area contributed by atoms with Crippen molar-refractivity contribution in [1.29, 1.82) is 0 Å². The molecule has 0 aliphatic carbocycles. The van der Waals surface area contributed by atoms with Crippen molar-refractivity contribution in [3.05, 3.63) is 17.5 Å². The zero-order valence-electron chi connectivity index (χ0n) is 13.9. The second-order valence-electron chi connectivity index (χ2n) is 5.30. The lowest BCUT2D eigenvalue weighted by molar-refractivity contribution is 0.282. The lowest BCUT2D eigenvalue weighted by atomic mass is 10.1. The Hall–Kier alpha value is -0.870. The van der Waals surface area contributed by atoms with E-state index < -0.39 is 0 Å². The minimum atomic E-state index is 0.530. The Morgan fingerprint density at radius 2 is 1.95 bits per heavy atom. The minimum absolute atomic E-state index is 0.530. The molecule has 0 aliphatic rings. The van der Waals surface area contributed by atoms with Gasteiger partial charge in [-0.15, -0.1) is 0 Å². The second kappa shape index (κ2) is 9.14. The molecule has 1 aromatic rings. The van der Waals surface area contributed by atoms with E-state index >= 15 is 0 Å². The predicted molar refractivity (Wildman–Crippen MR) is 86.2 cm³/mol. The lowest BCUT2D eigenvalue weighted by Crippen LogP contribution is -2.34. The SMILES string of the molecule is CCc1cc(CC(CCN(CC)CC)NC)n(CC)n1. The van der Waals surface area contributed by atoms with E-state index in [0.717, 1.165) is 32.5 Å². The molecule has 4 heteroatoms. The van der Waals surface area contributed by atoms with Crippen molar-refractivity contribution in [2.24, 2.45) is 0 Å². The molecule has 1 aromatic heterocycles. The average Bonchev–Trinajstić information content (AvgIpc) is 2.89. The molecule has 0 spiro atoms. The van der Waals surface area contributed by atoms with Crippen molar-refractivity contribution in [2.45, 2.75) is 59.5 Å². The summed E-state index contributed by atoms with van der Waals surface area (Å²) in [6.45, 7) is 13.2. The Labute approximate surface area is 124 Å². The highest BCUT2D eigenvalue weighted by Gasteiger charge is 2.13. The fraction of sp³-hybridized carbons (Fsp3) is 0.812. The highest BCUT2D eigenvalue weighted by molar-refractivity contribution is 5.12. The van der Waals surface area contributed by atoms with Crippen LogP contribution in [0.25, 0.3) is 0 Å². The minimum Gasteiger partial charge on any atom is -0.317 e. The fourth-order valence-electron chi connectivity index (χ4n) is 2.61. The summed E-state index contributed by atoms with van der Waals surface area (Å²) < 4.78 is 2.15. The third kappa shape index (κ3) is 4.91. The molecule has 1 N–H and O–H groups in total. The third-order valence-electron chi connectivity index (χ3n) is 4.13. The van der Waals surface area contributed by atoms with Gasteiger partial charge in [0.2, 0.25) is 0 Å². The Morgan fingerprint density at radius 1 is 1.25 bits per heavy atom. The van der Waals surface area contributed by atoms with Gasteiger partial charge in [-0.25, -0.2) is 0 Å². The molecule has 0 saturated heterocycles. The van der Waals surface area contributed by atoms with Gasteiger partial charge in [-0.05, 0) is 52.5 Å². The molecule has 0 saturated carbocycles. The number of likely N-dealkylation sites (N-methyl/N-ethyl adjacent to an activating group) is 1. The number of nitrogens with zero attached hydrogens (tertiary/aromatic N) is 3. The molecule has 1 rings (SSSR count). The van der Waals surface area contributed by atoms with E-state index in [4.69, 9.17) is 0 Å². The summed E-state index contributed by atoms with van der Waals surface area (Å²) in [5.41, 5.74) is 2.57. The molecule has 0 radical (unpaired) electrons. The number of hydrogen-bond acceptors (Lipinski definition) is 3. The number of nitrogens with one attached hydrogen (secondary N) is 1. The molecule has 1 atom stereocenters. The van der Waals surface area contributed by atoms with Gasteiger partial charge in [0.1, 0.15) is 0 Å². The molecular weight excluding hydrogens is 248 g/mol. The summed E-state index contributed by atoms with van der Waals surface area (Å²) in [6, 6.07) is 2.80. The van der Waals surface area contributed by atoms with Gasteiger partial charge in [0.25, 0.3) is 0 Å². The Balaban J connectivity index is 2.61. The van der Waals surface area contributed by atoms with Crippen LogP contribution in [-0.4, -0.2) is 47.4 Å². The quantitative estimate of drug-likeness (QED) is 0.714. The monoisotopic (exact) mass is 280 g/mol. The van der Waals surface area contributed by atoms with Gasteiger partial charge >= 0.3 is 0 Å². The van der Waals surface area contributed by atoms with Crippen molar-refractivity contribution >= 4 is 0 Å². The number of rotatable bonds is 10. The van der Waals surface area contributed by atoms with Crippen LogP contribution in [0.3, 0.4) is 0 Å². The van der Waals surface area contributed by atoms with E-state index in [9.17, 15) is 0 Å². The first-order valence-corrected chi connectivity index (χ1v) is 8.13. The van der Waals surface area contributed by atoms with Crippen LogP contribution in [0, 0.1) is 0 Å². The summed E-state index contributed by atoms with van der Waals surface area (Å²) in [7, 11) is 2.07. The highest BCUT2D eigenvalue weighted by Crippen LogP contribution is 2.10. The van der Waals surface area contributed by atoms with Crippen LogP contribution in [0.15, 0.2) is 6.07 Å². The van der Waals surface area contributed by atoms with Gasteiger partial charge in [-0.3, -0.25) is 4.68 Å². The second-order valence-corrected chi connectivity index (χ2v) is 5.30. The number of aromatic nitrogens is 2. The maximum absolute atomic E-state index is 4.64. The van der Waals surface area contributed by atoms with E-state index in [1.807, 2.05) is 0 Å². The maximum atomic E-state index is 4.64. The summed E-state index contributed by atoms with van der Waals surface area (Å²) in [5.74, 6) is 0. The fourth-order valence-corrected chi connectivity index (χ4v) is 2.61. The van der Waals surface area contributed by atoms with Crippen molar-refractivity contribution in [2.75, 3.05) is 26.7 Å². The van der Waals surface area contributed by atoms with Crippen LogP contribution in [0.5, 0.6) is 0 Å². The van der Waals surface area contributed by atoms with Crippen LogP contribution >= 0.6 is 0 Å². The average molecular weight is 280 g/mol. The van der Waals surface area contributed by atoms with E-state index in [-0.39, 0.29) is 0 Å². The van der Waals surface area contributed by atoms with Crippen LogP contribution in [0.1, 0.15) is 45.5 Å². The molecular formula is C16H32N4. The molecule has 0 bridgehead atoms. The molecule has 20 heavy (non-hydrogen) atoms. The van der Waals surface area contributed by atoms with Crippen LogP contribution in [-0.2, 0) is 19.4 Å². The standard InChI is InChI=1S/C16H32N4/c1-6-14-12-16(20(9-4)18-14)13-15(17-5)10-11-19(7-2)8-3/h12,15,17H,6-11,13H2,1-5H3. The molecule has 0 amide bonds. The third-order valence-corrected chi connectivity index (χ3v) is 4.13. The van der Waals surface area contributed by atoms with Gasteiger partial charge in [-0.2, -0.15) is 5.10 Å². The Kier molecular flexibility index (Phi) is 7.85. The van der Waals surface area contributed by atoms with E-state index in [1.54, 1.807) is 0 Å². The first-order chi connectivity index (χ1) is 9.68. The predicted octanol–water partition coefficient (Wildman–Crippen LogP) is 2.33. The number of hydrogen-bond donors (Lipinski definition) is 1. The van der Waals surface area contributed by atoms with Crippen molar-refractivity contribution in [1.82, 2.24) is 20.0 Å². The number of aryl methyl sites for hydroxylation is 2. The first kappa shape index (κ1) is 17.2. The van der Waals surface area contributed by atoms with Gasteiger partial charge in [0, 0.05) is 24.7 Å². The highest BCUT2D eigenvalue weighted by atomic mass is 15.3. The van der Waals surface area contributed by atoms with E-state index in [2.05, 4.69) is 60.8 Å². The van der Waals surface area contributed by atoms with Gasteiger partial charge in [-0.1, -0.05) is 20.8 Å². The summed E-state index contributed by atoms with van der Waals surface area (Å²) in [4.78, 5) is 2.49. The molecule has 4 nitrogen and oxygen atoms in total. The van der Waals surface area contributed by atoms with E-state index in [1.165, 1.54) is 24.4 Å². The summed E-state index contributed by atoms with van der Waals surface area (Å²) in [5, 5.41) is 8.11. The summed E-state index contributed by atoms with van der Waals surface area (Å²) in [6.07, 6.45) is 3.27. The van der Waals surface area contributed by atoms with Gasteiger partial charge < -0.3 is 10.2 Å². The zero-order valence-corrected chi connectivity index (χ0v) is 13.9. The van der Waals surface area contributed by atoms with Crippen molar-refractivity contribution in [3.8, 4) is 0 Å². The molecule has 1 unspecified atom stereocenters. The largest absolute Gasteiger partial charge is 0.317 e. The van der Waals surface area contributed by atoms with Gasteiger partial charge in [0.05, 0.1) is 5.69 Å². The van der Waals surface area contributed by atoms with Crippen molar-refractivity contribution in [3.63, 3.8) is 0 Å². The Morgan fingerprint density at radius 3 is 2.45 bits per heavy atom. The molecule has 116 valence electrons. The molecule has 0 fully saturated rings. The maximum Gasteiger partial charge on any atom is 0.0624 e. The Bertz CT molecular complexity index is 369. The zero-order chi connectivity index (χ0) is 15.0. The topological polar surface area (TPSA) is 33.1 Å². The van der Waals surface area contributed by atoms with Crippen LogP contribution in [0.4, 0.5) is 0 Å². The smallest absolute Gasteiger partial charge is 0.0624 e. The molecule has 0 aliphatic heterocycles.